The molecule has 0 aliphatic heterocycles. The third-order valence-corrected chi connectivity index (χ3v) is 2.97. The van der Waals surface area contributed by atoms with Crippen molar-refractivity contribution < 1.29 is 9.53 Å². The summed E-state index contributed by atoms with van der Waals surface area (Å²) in [4.78, 5) is 16.2. The number of hydrogen-bond acceptors (Lipinski definition) is 3. The quantitative estimate of drug-likeness (QED) is 0.842. The van der Waals surface area contributed by atoms with Crippen molar-refractivity contribution in [3.05, 3.63) is 58.9 Å². The predicted molar refractivity (Wildman–Crippen MR) is 74.7 cm³/mol. The number of rotatable bonds is 5. The highest BCUT2D eigenvalue weighted by Gasteiger charge is 2.10. The number of carbonyl (C=O) groups excluding carboxylic acids is 1. The number of halogens is 1. The molecule has 3 nitrogen and oxygen atoms in total. The molecule has 0 spiro atoms. The smallest absolute Gasteiger partial charge is 0.143 e. The summed E-state index contributed by atoms with van der Waals surface area (Å²) in [6.07, 6.45) is 2.29. The predicted octanol–water partition coefficient (Wildman–Crippen LogP) is 3.10. The van der Waals surface area contributed by atoms with E-state index in [9.17, 15) is 4.79 Å². The molecule has 0 N–H and O–H groups in total. The van der Waals surface area contributed by atoms with Crippen molar-refractivity contribution in [2.45, 2.75) is 12.8 Å². The van der Waals surface area contributed by atoms with E-state index in [0.29, 0.717) is 23.6 Å². The van der Waals surface area contributed by atoms with E-state index in [4.69, 9.17) is 16.3 Å². The third kappa shape index (κ3) is 3.80. The van der Waals surface area contributed by atoms with Crippen molar-refractivity contribution in [1.29, 1.82) is 0 Å². The standard InChI is InChI=1S/C15H14ClNO2/c1-19-15-6-5-12(16)8-11(15)9-14(18)10-13-4-2-3-7-17-13/h2-8H,9-10H2,1H3. The molecule has 0 unspecified atom stereocenters. The second-order valence-corrected chi connectivity index (χ2v) is 4.61. The number of methoxy groups -OCH3 is 1. The van der Waals surface area contributed by atoms with E-state index in [1.54, 1.807) is 31.5 Å². The number of hydrogen-bond donors (Lipinski definition) is 0. The second-order valence-electron chi connectivity index (χ2n) is 4.17. The Morgan fingerprint density at radius 2 is 2.11 bits per heavy atom. The zero-order valence-corrected chi connectivity index (χ0v) is 11.4. The Hall–Kier alpha value is -1.87. The molecule has 98 valence electrons. The number of carbonyl (C=O) groups is 1. The number of nitrogens with zero attached hydrogens (tertiary/aromatic N) is 1. The van der Waals surface area contributed by atoms with Crippen molar-refractivity contribution in [3.63, 3.8) is 0 Å². The van der Waals surface area contributed by atoms with Gasteiger partial charge in [0.05, 0.1) is 7.11 Å². The van der Waals surface area contributed by atoms with Gasteiger partial charge in [-0.1, -0.05) is 17.7 Å². The van der Waals surface area contributed by atoms with Gasteiger partial charge in [-0.25, -0.2) is 0 Å². The van der Waals surface area contributed by atoms with Crippen LogP contribution in [0.15, 0.2) is 42.6 Å². The second kappa shape index (κ2) is 6.34. The van der Waals surface area contributed by atoms with Crippen LogP contribution in [0.2, 0.25) is 5.02 Å². The first kappa shape index (κ1) is 13.6. The first-order valence-corrected chi connectivity index (χ1v) is 6.31. The largest absolute Gasteiger partial charge is 0.496 e. The van der Waals surface area contributed by atoms with E-state index < -0.39 is 0 Å². The van der Waals surface area contributed by atoms with Crippen molar-refractivity contribution in [3.8, 4) is 5.75 Å². The van der Waals surface area contributed by atoms with Gasteiger partial charge in [0, 0.05) is 35.3 Å². The van der Waals surface area contributed by atoms with E-state index >= 15 is 0 Å². The third-order valence-electron chi connectivity index (χ3n) is 2.73. The summed E-state index contributed by atoms with van der Waals surface area (Å²) in [6.45, 7) is 0. The maximum atomic E-state index is 12.0. The minimum atomic E-state index is 0.0827. The van der Waals surface area contributed by atoms with Crippen LogP contribution in [0, 0.1) is 0 Å². The first-order chi connectivity index (χ1) is 9.19. The van der Waals surface area contributed by atoms with E-state index in [-0.39, 0.29) is 5.78 Å². The van der Waals surface area contributed by atoms with Crippen LogP contribution in [0.25, 0.3) is 0 Å². The fourth-order valence-corrected chi connectivity index (χ4v) is 2.06. The molecular weight excluding hydrogens is 262 g/mol. The summed E-state index contributed by atoms with van der Waals surface area (Å²) in [5.41, 5.74) is 1.57. The molecule has 0 fully saturated rings. The molecule has 0 radical (unpaired) electrons. The molecular formula is C15H14ClNO2. The molecule has 0 amide bonds. The molecule has 0 saturated heterocycles. The molecule has 1 heterocycles. The van der Waals surface area contributed by atoms with Gasteiger partial charge < -0.3 is 4.74 Å². The molecule has 1 aromatic heterocycles. The van der Waals surface area contributed by atoms with Crippen LogP contribution in [0.1, 0.15) is 11.3 Å². The Bertz CT molecular complexity index is 570. The van der Waals surface area contributed by atoms with Gasteiger partial charge in [-0.2, -0.15) is 0 Å². The topological polar surface area (TPSA) is 39.2 Å². The Labute approximate surface area is 117 Å². The van der Waals surface area contributed by atoms with Gasteiger partial charge in [-0.3, -0.25) is 9.78 Å². The number of benzene rings is 1. The Kier molecular flexibility index (Phi) is 4.53. The zero-order valence-electron chi connectivity index (χ0n) is 10.6. The molecule has 1 aromatic carbocycles. The molecule has 4 heteroatoms. The summed E-state index contributed by atoms with van der Waals surface area (Å²) < 4.78 is 5.22. The van der Waals surface area contributed by atoms with E-state index in [1.165, 1.54) is 0 Å². The molecule has 0 aliphatic carbocycles. The van der Waals surface area contributed by atoms with Crippen LogP contribution in [-0.4, -0.2) is 17.9 Å². The molecule has 2 rings (SSSR count). The Morgan fingerprint density at radius 1 is 1.26 bits per heavy atom. The normalized spacial score (nSPS) is 10.2. The number of aromatic nitrogens is 1. The summed E-state index contributed by atoms with van der Waals surface area (Å²) in [7, 11) is 1.58. The number of Topliss-reactive ketones (excluding diaryl/α,β-unsaturated/α-hetero) is 1. The lowest BCUT2D eigenvalue weighted by Crippen LogP contribution is -2.08. The Balaban J connectivity index is 2.09. The SMILES string of the molecule is COc1ccc(Cl)cc1CC(=O)Cc1ccccn1. The highest BCUT2D eigenvalue weighted by Crippen LogP contribution is 2.23. The lowest BCUT2D eigenvalue weighted by molar-refractivity contribution is -0.117. The monoisotopic (exact) mass is 275 g/mol. The van der Waals surface area contributed by atoms with E-state index in [0.717, 1.165) is 11.3 Å². The van der Waals surface area contributed by atoms with Crippen LogP contribution in [0.4, 0.5) is 0 Å². The van der Waals surface area contributed by atoms with Crippen molar-refractivity contribution in [2.24, 2.45) is 0 Å². The van der Waals surface area contributed by atoms with Gasteiger partial charge in [-0.05, 0) is 30.3 Å². The lowest BCUT2D eigenvalue weighted by Gasteiger charge is -2.08. The number of ether oxygens (including phenoxy) is 1. The molecule has 2 aromatic rings. The highest BCUT2D eigenvalue weighted by atomic mass is 35.5. The summed E-state index contributed by atoms with van der Waals surface area (Å²) >= 11 is 5.94. The first-order valence-electron chi connectivity index (χ1n) is 5.93. The van der Waals surface area contributed by atoms with Crippen LogP contribution in [-0.2, 0) is 17.6 Å². The summed E-state index contributed by atoms with van der Waals surface area (Å²) in [6, 6.07) is 10.8. The Morgan fingerprint density at radius 3 is 2.79 bits per heavy atom. The maximum Gasteiger partial charge on any atom is 0.143 e. The van der Waals surface area contributed by atoms with Crippen molar-refractivity contribution in [1.82, 2.24) is 4.98 Å². The number of pyridine rings is 1. The van der Waals surface area contributed by atoms with E-state index in [1.807, 2.05) is 18.2 Å². The van der Waals surface area contributed by atoms with Gasteiger partial charge in [-0.15, -0.1) is 0 Å². The van der Waals surface area contributed by atoms with Crippen LogP contribution in [0.3, 0.4) is 0 Å². The number of ketones is 1. The van der Waals surface area contributed by atoms with Gasteiger partial charge in [0.25, 0.3) is 0 Å². The average Bonchev–Trinajstić information content (AvgIpc) is 2.40. The molecule has 19 heavy (non-hydrogen) atoms. The maximum absolute atomic E-state index is 12.0. The van der Waals surface area contributed by atoms with Crippen LogP contribution >= 0.6 is 11.6 Å². The molecule has 0 aliphatic rings. The summed E-state index contributed by atoms with van der Waals surface area (Å²) in [5, 5.41) is 0.599. The minimum Gasteiger partial charge on any atom is -0.496 e. The van der Waals surface area contributed by atoms with E-state index in [2.05, 4.69) is 4.98 Å². The van der Waals surface area contributed by atoms with Crippen molar-refractivity contribution in [2.75, 3.05) is 7.11 Å². The van der Waals surface area contributed by atoms with Crippen molar-refractivity contribution >= 4 is 17.4 Å². The molecule has 0 bridgehead atoms. The van der Waals surface area contributed by atoms with Gasteiger partial charge >= 0.3 is 0 Å². The summed E-state index contributed by atoms with van der Waals surface area (Å²) in [5.74, 6) is 0.762. The molecule has 0 atom stereocenters. The zero-order chi connectivity index (χ0) is 13.7. The van der Waals surface area contributed by atoms with Crippen LogP contribution < -0.4 is 4.74 Å². The lowest BCUT2D eigenvalue weighted by atomic mass is 10.0. The van der Waals surface area contributed by atoms with Gasteiger partial charge in [0.2, 0.25) is 0 Å². The fourth-order valence-electron chi connectivity index (χ4n) is 1.86. The molecule has 0 saturated carbocycles. The highest BCUT2D eigenvalue weighted by molar-refractivity contribution is 6.30. The minimum absolute atomic E-state index is 0.0827. The van der Waals surface area contributed by atoms with Gasteiger partial charge in [0.15, 0.2) is 0 Å². The van der Waals surface area contributed by atoms with Gasteiger partial charge in [0.1, 0.15) is 11.5 Å². The average molecular weight is 276 g/mol. The fraction of sp³-hybridized carbons (Fsp3) is 0.200. The van der Waals surface area contributed by atoms with Crippen LogP contribution in [0.5, 0.6) is 5.75 Å².